The first-order valence-corrected chi connectivity index (χ1v) is 10.1. The lowest BCUT2D eigenvalue weighted by Crippen LogP contribution is -2.35. The van der Waals surface area contributed by atoms with E-state index in [0.717, 1.165) is 19.4 Å². The maximum Gasteiger partial charge on any atom is 0.326 e. The number of nitrogens with two attached hydrogens (primary N) is 1. The lowest BCUT2D eigenvalue weighted by Gasteiger charge is -2.22. The minimum absolute atomic E-state index is 0.0181. The standard InChI is InChI=1S/C16H19FN6O4S/c17-15-10(11-6-13(20-19-11)22-5-1-2-9(22)7-18)3-4-12(24)16(15)23-8-14(25)21-28(23,26)27/h3-4,6,9,24H,1-2,5,7-8,18H2,(H,19,20)(H,21,25). The number of phenolic OH excluding ortho intramolecular Hbond substituents is 1. The summed E-state index contributed by atoms with van der Waals surface area (Å²) in [5.41, 5.74) is 5.52. The summed E-state index contributed by atoms with van der Waals surface area (Å²) in [6.07, 6.45) is 1.93. The van der Waals surface area contributed by atoms with E-state index in [2.05, 4.69) is 10.2 Å². The van der Waals surface area contributed by atoms with Crippen LogP contribution >= 0.6 is 0 Å². The summed E-state index contributed by atoms with van der Waals surface area (Å²) >= 11 is 0. The maximum absolute atomic E-state index is 15.2. The highest BCUT2D eigenvalue weighted by Gasteiger charge is 2.38. The molecule has 2 aromatic rings. The number of amides is 1. The van der Waals surface area contributed by atoms with Gasteiger partial charge in [-0.3, -0.25) is 9.89 Å². The van der Waals surface area contributed by atoms with Crippen LogP contribution in [0.4, 0.5) is 15.9 Å². The van der Waals surface area contributed by atoms with E-state index in [9.17, 15) is 18.3 Å². The molecule has 1 aromatic heterocycles. The number of hydrogen-bond donors (Lipinski definition) is 4. The van der Waals surface area contributed by atoms with Gasteiger partial charge in [-0.15, -0.1) is 0 Å². The Hall–Kier alpha value is -2.86. The number of anilines is 2. The zero-order chi connectivity index (χ0) is 20.1. The third-order valence-electron chi connectivity index (χ3n) is 4.96. The van der Waals surface area contributed by atoms with Gasteiger partial charge in [0.25, 0.3) is 5.91 Å². The van der Waals surface area contributed by atoms with Crippen molar-refractivity contribution in [3.63, 3.8) is 0 Å². The molecule has 150 valence electrons. The van der Waals surface area contributed by atoms with Crippen molar-refractivity contribution in [1.82, 2.24) is 14.9 Å². The van der Waals surface area contributed by atoms with Gasteiger partial charge in [0.2, 0.25) is 0 Å². The summed E-state index contributed by atoms with van der Waals surface area (Å²) in [6, 6.07) is 4.29. The van der Waals surface area contributed by atoms with Gasteiger partial charge in [-0.1, -0.05) is 0 Å². The molecule has 5 N–H and O–H groups in total. The van der Waals surface area contributed by atoms with Gasteiger partial charge >= 0.3 is 10.2 Å². The largest absolute Gasteiger partial charge is 0.506 e. The average Bonchev–Trinajstić information content (AvgIpc) is 3.33. The number of aromatic amines is 1. The second kappa shape index (κ2) is 6.63. The Bertz CT molecular complexity index is 1040. The fraction of sp³-hybridized carbons (Fsp3) is 0.375. The molecule has 1 amide bonds. The third kappa shape index (κ3) is 2.94. The zero-order valence-electron chi connectivity index (χ0n) is 14.7. The predicted octanol–water partition coefficient (Wildman–Crippen LogP) is 0.0299. The molecule has 10 nitrogen and oxygen atoms in total. The smallest absolute Gasteiger partial charge is 0.326 e. The molecule has 2 aliphatic rings. The molecule has 28 heavy (non-hydrogen) atoms. The Morgan fingerprint density at radius 1 is 1.39 bits per heavy atom. The first kappa shape index (κ1) is 18.5. The van der Waals surface area contributed by atoms with Gasteiger partial charge in [0, 0.05) is 30.8 Å². The molecule has 1 atom stereocenters. The van der Waals surface area contributed by atoms with Gasteiger partial charge in [0.05, 0.1) is 5.69 Å². The highest BCUT2D eigenvalue weighted by atomic mass is 32.2. The molecule has 0 aliphatic carbocycles. The number of carbonyl (C=O) groups excluding carboxylic acids is 1. The zero-order valence-corrected chi connectivity index (χ0v) is 15.5. The first-order valence-electron chi connectivity index (χ1n) is 8.69. The van der Waals surface area contributed by atoms with Crippen molar-refractivity contribution in [2.75, 3.05) is 28.8 Å². The number of nitrogens with zero attached hydrogens (tertiary/aromatic N) is 3. The summed E-state index contributed by atoms with van der Waals surface area (Å²) in [5.74, 6) is -1.77. The Labute approximate surface area is 160 Å². The van der Waals surface area contributed by atoms with Crippen molar-refractivity contribution in [2.45, 2.75) is 18.9 Å². The van der Waals surface area contributed by atoms with Gasteiger partial charge in [-0.2, -0.15) is 13.5 Å². The lowest BCUT2D eigenvalue weighted by molar-refractivity contribution is -0.117. The number of aromatic hydroxyl groups is 1. The van der Waals surface area contributed by atoms with Gasteiger partial charge in [0.15, 0.2) is 11.6 Å². The predicted molar refractivity (Wildman–Crippen MR) is 99.5 cm³/mol. The lowest BCUT2D eigenvalue weighted by atomic mass is 10.1. The molecule has 2 saturated heterocycles. The van der Waals surface area contributed by atoms with E-state index < -0.39 is 39.9 Å². The fourth-order valence-corrected chi connectivity index (χ4v) is 4.79. The van der Waals surface area contributed by atoms with Crippen LogP contribution in [0.15, 0.2) is 18.2 Å². The Kier molecular flexibility index (Phi) is 4.38. The molecule has 1 aromatic carbocycles. The van der Waals surface area contributed by atoms with Crippen LogP contribution in [0.5, 0.6) is 5.75 Å². The van der Waals surface area contributed by atoms with Crippen LogP contribution in [0, 0.1) is 5.82 Å². The third-order valence-corrected chi connectivity index (χ3v) is 6.34. The van der Waals surface area contributed by atoms with E-state index in [4.69, 9.17) is 5.73 Å². The highest BCUT2D eigenvalue weighted by Crippen LogP contribution is 2.39. The Morgan fingerprint density at radius 2 is 2.18 bits per heavy atom. The van der Waals surface area contributed by atoms with Crippen molar-refractivity contribution in [3.05, 3.63) is 24.0 Å². The van der Waals surface area contributed by atoms with Gasteiger partial charge in [0.1, 0.15) is 18.0 Å². The van der Waals surface area contributed by atoms with Crippen molar-refractivity contribution < 1.29 is 22.7 Å². The minimum Gasteiger partial charge on any atom is -0.506 e. The fourth-order valence-electron chi connectivity index (χ4n) is 3.62. The van der Waals surface area contributed by atoms with Crippen molar-refractivity contribution >= 4 is 27.6 Å². The number of phenols is 1. The van der Waals surface area contributed by atoms with E-state index in [1.54, 1.807) is 10.8 Å². The van der Waals surface area contributed by atoms with Crippen LogP contribution in [0.25, 0.3) is 11.3 Å². The van der Waals surface area contributed by atoms with Crippen LogP contribution in [-0.4, -0.2) is 55.3 Å². The summed E-state index contributed by atoms with van der Waals surface area (Å²) < 4.78 is 41.5. The van der Waals surface area contributed by atoms with Crippen molar-refractivity contribution in [3.8, 4) is 17.0 Å². The molecule has 0 saturated carbocycles. The van der Waals surface area contributed by atoms with E-state index in [1.165, 1.54) is 12.1 Å². The number of H-pyrrole nitrogens is 1. The number of benzene rings is 1. The van der Waals surface area contributed by atoms with Crippen LogP contribution in [0.1, 0.15) is 12.8 Å². The molecule has 0 radical (unpaired) electrons. The second-order valence-electron chi connectivity index (χ2n) is 6.70. The molecule has 4 rings (SSSR count). The molecule has 0 spiro atoms. The van der Waals surface area contributed by atoms with Gasteiger partial charge in [-0.05, 0) is 25.0 Å². The number of nitrogens with one attached hydrogen (secondary N) is 2. The van der Waals surface area contributed by atoms with E-state index in [0.29, 0.717) is 22.4 Å². The van der Waals surface area contributed by atoms with E-state index >= 15 is 4.39 Å². The van der Waals surface area contributed by atoms with Crippen molar-refractivity contribution in [2.24, 2.45) is 5.73 Å². The van der Waals surface area contributed by atoms with Crippen LogP contribution in [0.3, 0.4) is 0 Å². The van der Waals surface area contributed by atoms with E-state index in [1.807, 2.05) is 4.90 Å². The number of halogens is 1. The Morgan fingerprint density at radius 3 is 2.86 bits per heavy atom. The Balaban J connectivity index is 1.74. The average molecular weight is 410 g/mol. The number of hydrogen-bond acceptors (Lipinski definition) is 7. The molecule has 2 aliphatic heterocycles. The summed E-state index contributed by atoms with van der Waals surface area (Å²) in [7, 11) is -4.27. The summed E-state index contributed by atoms with van der Waals surface area (Å²) in [6.45, 7) is 0.652. The highest BCUT2D eigenvalue weighted by molar-refractivity contribution is 7.92. The number of carbonyl (C=O) groups is 1. The van der Waals surface area contributed by atoms with Gasteiger partial charge in [-0.25, -0.2) is 13.4 Å². The molecule has 1 unspecified atom stereocenters. The molecule has 2 fully saturated rings. The molecular formula is C16H19FN6O4S. The summed E-state index contributed by atoms with van der Waals surface area (Å²) in [4.78, 5) is 13.5. The molecular weight excluding hydrogens is 391 g/mol. The van der Waals surface area contributed by atoms with Crippen molar-refractivity contribution in [1.29, 1.82) is 0 Å². The number of rotatable bonds is 4. The number of aromatic nitrogens is 2. The SMILES string of the molecule is NCC1CCCN1c1cc(-c2ccc(O)c(N3CC(=O)NS3(=O)=O)c2F)[nH]n1. The van der Waals surface area contributed by atoms with Gasteiger partial charge < -0.3 is 15.7 Å². The summed E-state index contributed by atoms with van der Waals surface area (Å²) in [5, 5.41) is 17.0. The quantitative estimate of drug-likeness (QED) is 0.556. The normalized spacial score (nSPS) is 21.4. The second-order valence-corrected chi connectivity index (χ2v) is 8.29. The maximum atomic E-state index is 15.2. The van der Waals surface area contributed by atoms with Crippen LogP contribution in [0.2, 0.25) is 0 Å². The molecule has 12 heteroatoms. The monoisotopic (exact) mass is 410 g/mol. The van der Waals surface area contributed by atoms with Crippen LogP contribution in [-0.2, 0) is 15.0 Å². The minimum atomic E-state index is -4.27. The molecule has 3 heterocycles. The van der Waals surface area contributed by atoms with Crippen LogP contribution < -0.4 is 19.7 Å². The first-order chi connectivity index (χ1) is 13.3. The molecule has 0 bridgehead atoms. The topological polar surface area (TPSA) is 145 Å². The van der Waals surface area contributed by atoms with E-state index in [-0.39, 0.29) is 11.6 Å².